The Morgan fingerprint density at radius 2 is 1.74 bits per heavy atom. The van der Waals surface area contributed by atoms with Crippen molar-refractivity contribution < 1.29 is 0 Å². The van der Waals surface area contributed by atoms with Crippen LogP contribution in [0.2, 0.25) is 0 Å². The van der Waals surface area contributed by atoms with Gasteiger partial charge < -0.3 is 5.32 Å². The van der Waals surface area contributed by atoms with E-state index in [-0.39, 0.29) is 0 Å². The molecule has 0 spiro atoms. The molecule has 0 amide bonds. The van der Waals surface area contributed by atoms with Crippen molar-refractivity contribution in [2.24, 2.45) is 0 Å². The van der Waals surface area contributed by atoms with Crippen LogP contribution in [0, 0.1) is 6.92 Å². The summed E-state index contributed by atoms with van der Waals surface area (Å²) in [5, 5.41) is 3.55. The van der Waals surface area contributed by atoms with Crippen LogP contribution in [-0.2, 0) is 6.54 Å². The Hall–Kier alpha value is -0.640. The summed E-state index contributed by atoms with van der Waals surface area (Å²) in [5.41, 5.74) is 3.89. The van der Waals surface area contributed by atoms with Crippen molar-refractivity contribution in [3.8, 4) is 0 Å². The second kappa shape index (κ2) is 6.69. The maximum atomic E-state index is 3.55. The Balaban J connectivity index is 1.98. The largest absolute Gasteiger partial charge is 0.306 e. The molecule has 0 radical (unpaired) electrons. The SMILES string of the molecule is Cc1cc(CN[C@@H](C)c2ccc(Br)cc2)ccc1Br. The third-order valence-corrected chi connectivity index (χ3v) is 4.62. The number of nitrogens with one attached hydrogen (secondary N) is 1. The van der Waals surface area contributed by atoms with Gasteiger partial charge in [0.25, 0.3) is 0 Å². The molecule has 2 aromatic carbocycles. The van der Waals surface area contributed by atoms with Crippen molar-refractivity contribution in [3.63, 3.8) is 0 Å². The molecule has 2 aromatic rings. The summed E-state index contributed by atoms with van der Waals surface area (Å²) in [4.78, 5) is 0. The average Bonchev–Trinajstić information content (AvgIpc) is 2.40. The standard InChI is InChI=1S/C16H17Br2N/c1-11-9-13(3-8-16(11)18)10-19-12(2)14-4-6-15(17)7-5-14/h3-9,12,19H,10H2,1-2H3/t12-/m0/s1. The van der Waals surface area contributed by atoms with E-state index in [0.717, 1.165) is 15.5 Å². The summed E-state index contributed by atoms with van der Waals surface area (Å²) in [5.74, 6) is 0. The first-order chi connectivity index (χ1) is 9.06. The zero-order chi connectivity index (χ0) is 13.8. The maximum Gasteiger partial charge on any atom is 0.0294 e. The highest BCUT2D eigenvalue weighted by atomic mass is 79.9. The lowest BCUT2D eigenvalue weighted by Crippen LogP contribution is -2.18. The van der Waals surface area contributed by atoms with Crippen LogP contribution in [-0.4, -0.2) is 0 Å². The summed E-state index contributed by atoms with van der Waals surface area (Å²) in [6.07, 6.45) is 0. The first-order valence-corrected chi connectivity index (χ1v) is 7.89. The van der Waals surface area contributed by atoms with Gasteiger partial charge >= 0.3 is 0 Å². The van der Waals surface area contributed by atoms with Crippen LogP contribution in [0.1, 0.15) is 29.7 Å². The van der Waals surface area contributed by atoms with Gasteiger partial charge in [-0.05, 0) is 48.7 Å². The Labute approximate surface area is 131 Å². The molecule has 100 valence electrons. The van der Waals surface area contributed by atoms with Gasteiger partial charge in [0.1, 0.15) is 0 Å². The Morgan fingerprint density at radius 3 is 2.37 bits per heavy atom. The lowest BCUT2D eigenvalue weighted by Gasteiger charge is -2.15. The molecule has 19 heavy (non-hydrogen) atoms. The molecule has 1 atom stereocenters. The average molecular weight is 383 g/mol. The smallest absolute Gasteiger partial charge is 0.0294 e. The topological polar surface area (TPSA) is 12.0 Å². The molecule has 0 aliphatic heterocycles. The monoisotopic (exact) mass is 381 g/mol. The van der Waals surface area contributed by atoms with Gasteiger partial charge in [-0.15, -0.1) is 0 Å². The molecule has 0 saturated heterocycles. The van der Waals surface area contributed by atoms with E-state index < -0.39 is 0 Å². The second-order valence-electron chi connectivity index (χ2n) is 4.74. The van der Waals surface area contributed by atoms with E-state index >= 15 is 0 Å². The molecule has 0 fully saturated rings. The van der Waals surface area contributed by atoms with Crippen molar-refractivity contribution in [2.75, 3.05) is 0 Å². The molecule has 2 rings (SSSR count). The van der Waals surface area contributed by atoms with Gasteiger partial charge in [-0.3, -0.25) is 0 Å². The molecule has 1 N–H and O–H groups in total. The fourth-order valence-electron chi connectivity index (χ4n) is 1.96. The first kappa shape index (κ1) is 14.8. The predicted molar refractivity (Wildman–Crippen MR) is 88.3 cm³/mol. The fraction of sp³-hybridized carbons (Fsp3) is 0.250. The number of hydrogen-bond acceptors (Lipinski definition) is 1. The minimum absolute atomic E-state index is 0.344. The van der Waals surface area contributed by atoms with Gasteiger partial charge in [-0.1, -0.05) is 56.1 Å². The van der Waals surface area contributed by atoms with Gasteiger partial charge in [0.05, 0.1) is 0 Å². The Morgan fingerprint density at radius 1 is 1.05 bits per heavy atom. The molecule has 3 heteroatoms. The third-order valence-electron chi connectivity index (χ3n) is 3.20. The normalized spacial score (nSPS) is 12.4. The zero-order valence-corrected chi connectivity index (χ0v) is 14.3. The molecule has 0 unspecified atom stereocenters. The molecular weight excluding hydrogens is 366 g/mol. The second-order valence-corrected chi connectivity index (χ2v) is 6.51. The zero-order valence-electron chi connectivity index (χ0n) is 11.1. The van der Waals surface area contributed by atoms with E-state index in [1.807, 2.05) is 0 Å². The van der Waals surface area contributed by atoms with Gasteiger partial charge in [0.2, 0.25) is 0 Å². The van der Waals surface area contributed by atoms with Crippen molar-refractivity contribution in [2.45, 2.75) is 26.4 Å². The van der Waals surface area contributed by atoms with Gasteiger partial charge in [-0.25, -0.2) is 0 Å². The van der Waals surface area contributed by atoms with E-state index in [4.69, 9.17) is 0 Å². The molecule has 0 heterocycles. The van der Waals surface area contributed by atoms with Crippen molar-refractivity contribution in [1.82, 2.24) is 5.32 Å². The van der Waals surface area contributed by atoms with E-state index in [9.17, 15) is 0 Å². The quantitative estimate of drug-likeness (QED) is 0.749. The number of hydrogen-bond donors (Lipinski definition) is 1. The van der Waals surface area contributed by atoms with Gasteiger partial charge in [0, 0.05) is 21.5 Å². The summed E-state index contributed by atoms with van der Waals surface area (Å²) in [7, 11) is 0. The van der Waals surface area contributed by atoms with Gasteiger partial charge in [-0.2, -0.15) is 0 Å². The Kier molecular flexibility index (Phi) is 5.20. The molecule has 1 nitrogen and oxygen atoms in total. The number of benzene rings is 2. The van der Waals surface area contributed by atoms with Crippen molar-refractivity contribution >= 4 is 31.9 Å². The van der Waals surface area contributed by atoms with Crippen molar-refractivity contribution in [3.05, 3.63) is 68.1 Å². The summed E-state index contributed by atoms with van der Waals surface area (Å²) < 4.78 is 2.28. The number of aryl methyl sites for hydroxylation is 1. The van der Waals surface area contributed by atoms with Gasteiger partial charge in [0.15, 0.2) is 0 Å². The van der Waals surface area contributed by atoms with Crippen LogP contribution in [0.25, 0.3) is 0 Å². The maximum absolute atomic E-state index is 3.55. The summed E-state index contributed by atoms with van der Waals surface area (Å²) in [6.45, 7) is 5.19. The van der Waals surface area contributed by atoms with Crippen molar-refractivity contribution in [1.29, 1.82) is 0 Å². The van der Waals surface area contributed by atoms with Crippen LogP contribution >= 0.6 is 31.9 Å². The first-order valence-electron chi connectivity index (χ1n) is 6.30. The Bertz CT molecular complexity index is 549. The number of rotatable bonds is 4. The molecule has 0 aromatic heterocycles. The molecule has 0 aliphatic carbocycles. The van der Waals surface area contributed by atoms with E-state index in [1.165, 1.54) is 16.7 Å². The molecule has 0 bridgehead atoms. The van der Waals surface area contributed by atoms with E-state index in [1.54, 1.807) is 0 Å². The lowest BCUT2D eigenvalue weighted by atomic mass is 10.1. The molecule has 0 aliphatic rings. The highest BCUT2D eigenvalue weighted by Gasteiger charge is 2.05. The van der Waals surface area contributed by atoms with Crippen LogP contribution in [0.3, 0.4) is 0 Å². The van der Waals surface area contributed by atoms with Crippen LogP contribution in [0.15, 0.2) is 51.4 Å². The van der Waals surface area contributed by atoms with Crippen LogP contribution in [0.5, 0.6) is 0 Å². The van der Waals surface area contributed by atoms with Crippen LogP contribution in [0.4, 0.5) is 0 Å². The fourth-order valence-corrected chi connectivity index (χ4v) is 2.47. The van der Waals surface area contributed by atoms with Crippen LogP contribution < -0.4 is 5.32 Å². The predicted octanol–water partition coefficient (Wildman–Crippen LogP) is 5.37. The molecular formula is C16H17Br2N. The number of halogens is 2. The third kappa shape index (κ3) is 4.16. The highest BCUT2D eigenvalue weighted by Crippen LogP contribution is 2.19. The minimum atomic E-state index is 0.344. The van der Waals surface area contributed by atoms with E-state index in [0.29, 0.717) is 6.04 Å². The highest BCUT2D eigenvalue weighted by molar-refractivity contribution is 9.10. The summed E-state index contributed by atoms with van der Waals surface area (Å²) >= 11 is 6.99. The summed E-state index contributed by atoms with van der Waals surface area (Å²) in [6, 6.07) is 15.3. The molecule has 0 saturated carbocycles. The van der Waals surface area contributed by atoms with E-state index in [2.05, 4.69) is 93.5 Å². The minimum Gasteiger partial charge on any atom is -0.306 e. The lowest BCUT2D eigenvalue weighted by molar-refractivity contribution is 0.574.